The third-order valence-electron chi connectivity index (χ3n) is 3.98. The number of amides is 3. The molecule has 1 aromatic rings. The first-order valence-electron chi connectivity index (χ1n) is 7.48. The molecule has 138 valence electrons. The van der Waals surface area contributed by atoms with Crippen molar-refractivity contribution in [3.63, 3.8) is 0 Å². The third-order valence-corrected chi connectivity index (χ3v) is 4.32. The van der Waals surface area contributed by atoms with Gasteiger partial charge >= 0.3 is 35.6 Å². The van der Waals surface area contributed by atoms with Crippen molar-refractivity contribution >= 4 is 22.3 Å². The van der Waals surface area contributed by atoms with Crippen LogP contribution in [0.2, 0.25) is 0 Å². The second kappa shape index (κ2) is 8.65. The van der Waals surface area contributed by atoms with E-state index < -0.39 is 34.4 Å². The van der Waals surface area contributed by atoms with Crippen LogP contribution >= 0.6 is 0 Å². The topological polar surface area (TPSA) is 146 Å². The molecule has 0 aromatic carbocycles. The van der Waals surface area contributed by atoms with Crippen LogP contribution < -0.4 is 35.0 Å². The molecule has 2 aliphatic rings. The Morgan fingerprint density at radius 3 is 2.85 bits per heavy atom. The van der Waals surface area contributed by atoms with E-state index in [4.69, 9.17) is 4.84 Å². The summed E-state index contributed by atoms with van der Waals surface area (Å²) < 4.78 is 38.1. The maximum Gasteiger partial charge on any atom is 1.00 e. The molecule has 0 radical (unpaired) electrons. The summed E-state index contributed by atoms with van der Waals surface area (Å²) in [6.45, 7) is 0.787. The summed E-state index contributed by atoms with van der Waals surface area (Å²) in [5.41, 5.74) is 2.28. The van der Waals surface area contributed by atoms with Crippen LogP contribution in [0.1, 0.15) is 12.8 Å². The summed E-state index contributed by atoms with van der Waals surface area (Å²) in [6, 6.07) is -2.23. The van der Waals surface area contributed by atoms with Gasteiger partial charge in [-0.3, -0.25) is 9.63 Å². The monoisotopic (exact) mass is 397 g/mol. The molecule has 0 unspecified atom stereocenters. The van der Waals surface area contributed by atoms with Crippen molar-refractivity contribution in [3.05, 3.63) is 18.7 Å². The summed E-state index contributed by atoms with van der Waals surface area (Å²) in [5.74, 6) is -0.524. The van der Waals surface area contributed by atoms with Crippen LogP contribution in [0.5, 0.6) is 0 Å². The molecule has 26 heavy (non-hydrogen) atoms. The van der Waals surface area contributed by atoms with Gasteiger partial charge in [-0.05, 0) is 12.8 Å². The van der Waals surface area contributed by atoms with Crippen molar-refractivity contribution in [2.75, 3.05) is 13.2 Å². The Bertz CT molecular complexity index is 743. The fraction of sp³-hybridized carbons (Fsp3) is 0.583. The first-order chi connectivity index (χ1) is 11.8. The number of nitrogens with one attached hydrogen (secondary N) is 1. The SMILES string of the molecule is O=C(NOCCn1ccnc1)[C@@H]1CC[C@@H]2CN1C(=O)N2OS(=O)(=O)[O-].[Na+]. The average molecular weight is 397 g/mol. The first kappa shape index (κ1) is 21.1. The van der Waals surface area contributed by atoms with Gasteiger partial charge in [-0.15, -0.1) is 0 Å². The van der Waals surface area contributed by atoms with Gasteiger partial charge in [-0.2, -0.15) is 9.35 Å². The van der Waals surface area contributed by atoms with E-state index in [0.717, 1.165) is 4.90 Å². The summed E-state index contributed by atoms with van der Waals surface area (Å²) in [5, 5.41) is 0.523. The van der Waals surface area contributed by atoms with Gasteiger partial charge in [0.1, 0.15) is 6.04 Å². The van der Waals surface area contributed by atoms with Crippen molar-refractivity contribution in [2.24, 2.45) is 0 Å². The van der Waals surface area contributed by atoms with Gasteiger partial charge < -0.3 is 14.0 Å². The largest absolute Gasteiger partial charge is 1.00 e. The molecule has 1 N–H and O–H groups in total. The van der Waals surface area contributed by atoms with Crippen molar-refractivity contribution in [1.82, 2.24) is 25.0 Å². The van der Waals surface area contributed by atoms with Crippen molar-refractivity contribution in [2.45, 2.75) is 31.5 Å². The minimum Gasteiger partial charge on any atom is -0.724 e. The summed E-state index contributed by atoms with van der Waals surface area (Å²) in [6.07, 6.45) is 5.59. The normalized spacial score (nSPS) is 22.3. The van der Waals surface area contributed by atoms with Gasteiger partial charge in [0.05, 0.1) is 19.0 Å². The number of fused-ring (bicyclic) bond motifs is 2. The number of piperidine rings is 1. The summed E-state index contributed by atoms with van der Waals surface area (Å²) >= 11 is 0. The molecule has 14 heteroatoms. The Kier molecular flexibility index (Phi) is 7.01. The van der Waals surface area contributed by atoms with Crippen molar-refractivity contribution < 1.29 is 61.2 Å². The van der Waals surface area contributed by atoms with Crippen LogP contribution in [-0.2, 0) is 30.9 Å². The molecule has 12 nitrogen and oxygen atoms in total. The van der Waals surface area contributed by atoms with E-state index in [1.165, 1.54) is 0 Å². The first-order valence-corrected chi connectivity index (χ1v) is 8.81. The zero-order chi connectivity index (χ0) is 18.0. The minimum atomic E-state index is -5.06. The molecule has 2 aliphatic heterocycles. The fourth-order valence-corrected chi connectivity index (χ4v) is 3.24. The number of rotatable bonds is 7. The number of hydroxylamine groups is 3. The molecule has 0 saturated carbocycles. The van der Waals surface area contributed by atoms with Crippen LogP contribution in [0.3, 0.4) is 0 Å². The number of imidazole rings is 1. The standard InChI is InChI=1S/C12H17N5O7S.Na/c18-11(14-23-6-5-15-4-3-13-8-15)10-2-1-9-7-16(10)12(19)17(9)24-25(20,21)22;/h3-4,8-10H,1-2,5-7H2,(H,14,18)(H,20,21,22);/q;+1/p-1/t9-,10+;/m1./s1. The smallest absolute Gasteiger partial charge is 0.724 e. The molecule has 3 amide bonds. The Labute approximate surface area is 171 Å². The number of urea groups is 1. The van der Waals surface area contributed by atoms with Gasteiger partial charge in [0.2, 0.25) is 10.4 Å². The van der Waals surface area contributed by atoms with E-state index >= 15 is 0 Å². The van der Waals surface area contributed by atoms with Gasteiger partial charge in [-0.25, -0.2) is 23.7 Å². The van der Waals surface area contributed by atoms with Gasteiger partial charge in [0.15, 0.2) is 0 Å². The van der Waals surface area contributed by atoms with Crippen LogP contribution in [0, 0.1) is 0 Å². The zero-order valence-electron chi connectivity index (χ0n) is 14.0. The number of hydrogen-bond acceptors (Lipinski definition) is 8. The molecule has 2 bridgehead atoms. The van der Waals surface area contributed by atoms with E-state index in [1.54, 1.807) is 23.3 Å². The van der Waals surface area contributed by atoms with Gasteiger partial charge in [0, 0.05) is 25.5 Å². The van der Waals surface area contributed by atoms with Crippen LogP contribution in [0.15, 0.2) is 18.7 Å². The number of carbonyl (C=O) groups excluding carboxylic acids is 2. The summed E-state index contributed by atoms with van der Waals surface area (Å²) in [7, 11) is -5.06. The third kappa shape index (κ3) is 4.94. The minimum absolute atomic E-state index is 0. The predicted octanol–water partition coefficient (Wildman–Crippen LogP) is -4.40. The van der Waals surface area contributed by atoms with E-state index in [-0.39, 0.29) is 42.7 Å². The molecular weight excluding hydrogens is 381 g/mol. The maximum absolute atomic E-state index is 12.2. The fourth-order valence-electron chi connectivity index (χ4n) is 2.86. The molecular formula is C12H16N5NaO7S. The molecule has 2 fully saturated rings. The number of aromatic nitrogens is 2. The van der Waals surface area contributed by atoms with Crippen LogP contribution in [0.4, 0.5) is 4.79 Å². The van der Waals surface area contributed by atoms with E-state index in [1.807, 2.05) is 0 Å². The number of nitrogens with zero attached hydrogens (tertiary/aromatic N) is 4. The van der Waals surface area contributed by atoms with Crippen molar-refractivity contribution in [1.29, 1.82) is 0 Å². The van der Waals surface area contributed by atoms with E-state index in [2.05, 4.69) is 14.7 Å². The average Bonchev–Trinajstić information content (AvgIpc) is 3.14. The Hall–Kier alpha value is -1.22. The second-order valence-electron chi connectivity index (χ2n) is 5.61. The Morgan fingerprint density at radius 1 is 1.42 bits per heavy atom. The van der Waals surface area contributed by atoms with Gasteiger partial charge in [0.25, 0.3) is 5.91 Å². The molecule has 0 aliphatic carbocycles. The second-order valence-corrected chi connectivity index (χ2v) is 6.57. The molecule has 1 aromatic heterocycles. The molecule has 2 atom stereocenters. The molecule has 0 spiro atoms. The molecule has 3 rings (SSSR count). The molecule has 3 heterocycles. The molecule has 2 saturated heterocycles. The van der Waals surface area contributed by atoms with Crippen LogP contribution in [-0.4, -0.2) is 69.7 Å². The number of hydrogen-bond donors (Lipinski definition) is 1. The van der Waals surface area contributed by atoms with E-state index in [0.29, 0.717) is 24.4 Å². The van der Waals surface area contributed by atoms with E-state index in [9.17, 15) is 22.6 Å². The Morgan fingerprint density at radius 2 is 2.19 bits per heavy atom. The van der Waals surface area contributed by atoms with Gasteiger partial charge in [-0.1, -0.05) is 0 Å². The van der Waals surface area contributed by atoms with Crippen LogP contribution in [0.25, 0.3) is 0 Å². The predicted molar refractivity (Wildman–Crippen MR) is 77.9 cm³/mol. The Balaban J connectivity index is 0.00000243. The zero-order valence-corrected chi connectivity index (χ0v) is 16.8. The maximum atomic E-state index is 12.2. The summed E-state index contributed by atoms with van der Waals surface area (Å²) in [4.78, 5) is 34.5. The quantitative estimate of drug-likeness (QED) is 0.160. The van der Waals surface area contributed by atoms with Crippen molar-refractivity contribution in [3.8, 4) is 0 Å². The number of carbonyl (C=O) groups is 2.